The number of unbranched alkanes of at least 4 members (excludes halogenated alkanes) is 26. The molecule has 0 spiro atoms. The molecule has 0 saturated heterocycles. The second-order valence-electron chi connectivity index (χ2n) is 11.3. The van der Waals surface area contributed by atoms with Gasteiger partial charge < -0.3 is 0 Å². The average molecular weight is 636 g/mol. The molecule has 1 nitrogen and oxygen atoms in total. The molecule has 0 fully saturated rings. The fraction of sp³-hybridized carbons (Fsp3) is 0.943. The van der Waals surface area contributed by atoms with E-state index >= 15 is 0 Å². The second kappa shape index (κ2) is 41.0. The first kappa shape index (κ1) is 39.6. The van der Waals surface area contributed by atoms with E-state index in [-0.39, 0.29) is 6.61 Å². The third kappa shape index (κ3) is 43.8. The number of hydrogen-bond acceptors (Lipinski definition) is 0. The molecule has 0 aromatic heterocycles. The summed E-state index contributed by atoms with van der Waals surface area (Å²) in [4.78, 5) is 0. The van der Waals surface area contributed by atoms with Crippen LogP contribution in [0.5, 0.6) is 0 Å². The van der Waals surface area contributed by atoms with Gasteiger partial charge in [0.05, 0.1) is 0 Å². The maximum atomic E-state index is 9.18. The van der Waals surface area contributed by atoms with Gasteiger partial charge in [0.15, 0.2) is 0 Å². The Morgan fingerprint density at radius 2 is 0.595 bits per heavy atom. The second-order valence-corrected chi connectivity index (χ2v) is 14.8. The predicted octanol–water partition coefficient (Wildman–Crippen LogP) is 13.1. The van der Waals surface area contributed by atoms with Crippen LogP contribution in [0.3, 0.4) is 0 Å². The summed E-state index contributed by atoms with van der Waals surface area (Å²) in [6.07, 6.45) is 43.1. The van der Waals surface area contributed by atoms with Gasteiger partial charge in [-0.15, -0.1) is 6.58 Å². The van der Waals surface area contributed by atoms with Gasteiger partial charge in [-0.2, -0.15) is 0 Å². The zero-order valence-electron chi connectivity index (χ0n) is 26.0. The van der Waals surface area contributed by atoms with Gasteiger partial charge >= 0.3 is 171 Å². The molecule has 1 radical (unpaired) electrons. The van der Waals surface area contributed by atoms with Gasteiger partial charge in [-0.25, -0.2) is 5.11 Å². The zero-order valence-corrected chi connectivity index (χ0v) is 28.4. The van der Waals surface area contributed by atoms with Gasteiger partial charge in [-0.3, -0.25) is 0 Å². The molecule has 0 amide bonds. The van der Waals surface area contributed by atoms with E-state index in [9.17, 15) is 5.11 Å². The topological polar surface area (TPSA) is 19.9 Å². The van der Waals surface area contributed by atoms with Crippen molar-refractivity contribution >= 4 is 20.9 Å². The zero-order chi connectivity index (χ0) is 27.3. The van der Waals surface area contributed by atoms with Gasteiger partial charge in [-0.05, 0) is 0 Å². The normalized spacial score (nSPS) is 10.9. The van der Waals surface area contributed by atoms with Crippen molar-refractivity contribution in [3.63, 3.8) is 0 Å². The maximum absolute atomic E-state index is 9.18. The Hall–Kier alpha value is 0.490. The van der Waals surface area contributed by atoms with Crippen molar-refractivity contribution in [3.05, 3.63) is 12.7 Å². The fourth-order valence-electron chi connectivity index (χ4n) is 4.90. The van der Waals surface area contributed by atoms with E-state index in [0.717, 1.165) is 0 Å². The van der Waals surface area contributed by atoms with Gasteiger partial charge in [0.2, 0.25) is 0 Å². The molecule has 0 rings (SSSR count). The minimum atomic E-state index is -0.167. The average Bonchev–Trinajstić information content (AvgIpc) is 2.92. The molecule has 37 heavy (non-hydrogen) atoms. The van der Waals surface area contributed by atoms with Crippen LogP contribution in [0.4, 0.5) is 0 Å². The SMILES string of the molecule is C=CC[O].CCCCCCCCCCCCCCCC[Te]CCCCCCCCCCCCCCCC. The molecule has 223 valence electrons. The molecule has 0 aliphatic rings. The van der Waals surface area contributed by atoms with E-state index in [1.807, 2.05) is 0 Å². The van der Waals surface area contributed by atoms with Crippen molar-refractivity contribution in [3.8, 4) is 0 Å². The molecule has 0 aliphatic heterocycles. The first-order valence-electron chi connectivity index (χ1n) is 17.1. The summed E-state index contributed by atoms with van der Waals surface area (Å²) in [5.41, 5.74) is 0. The molecule has 0 saturated carbocycles. The summed E-state index contributed by atoms with van der Waals surface area (Å²) in [5.74, 6) is 0. The first-order valence-corrected chi connectivity index (χ1v) is 20.4. The minimum absolute atomic E-state index is 0.167. The van der Waals surface area contributed by atoms with Crippen molar-refractivity contribution < 1.29 is 5.11 Å². The van der Waals surface area contributed by atoms with Crippen molar-refractivity contribution in [1.29, 1.82) is 0 Å². The van der Waals surface area contributed by atoms with Crippen molar-refractivity contribution in [2.45, 2.75) is 203 Å². The summed E-state index contributed by atoms with van der Waals surface area (Å²) in [5, 5.41) is 9.18. The summed E-state index contributed by atoms with van der Waals surface area (Å²) < 4.78 is 3.25. The van der Waals surface area contributed by atoms with Crippen molar-refractivity contribution in [2.75, 3.05) is 6.61 Å². The molecular formula is C35H71OTe. The van der Waals surface area contributed by atoms with E-state index in [4.69, 9.17) is 0 Å². The van der Waals surface area contributed by atoms with E-state index in [2.05, 4.69) is 20.4 Å². The quantitative estimate of drug-likeness (QED) is 0.0410. The van der Waals surface area contributed by atoms with E-state index in [1.54, 1.807) is 21.8 Å². The third-order valence-corrected chi connectivity index (χ3v) is 10.7. The van der Waals surface area contributed by atoms with Crippen LogP contribution in [0, 0.1) is 0 Å². The Morgan fingerprint density at radius 1 is 0.405 bits per heavy atom. The first-order chi connectivity index (χ1) is 18.3. The Kier molecular flexibility index (Phi) is 43.9. The van der Waals surface area contributed by atoms with Crippen LogP contribution in [0.1, 0.15) is 194 Å². The van der Waals surface area contributed by atoms with E-state index in [0.29, 0.717) is 20.9 Å². The summed E-state index contributed by atoms with van der Waals surface area (Å²) in [6, 6.07) is 0. The van der Waals surface area contributed by atoms with E-state index in [1.165, 1.54) is 173 Å². The Bertz CT molecular complexity index is 340. The van der Waals surface area contributed by atoms with Crippen LogP contribution < -0.4 is 0 Å². The van der Waals surface area contributed by atoms with Crippen LogP contribution >= 0.6 is 0 Å². The number of rotatable bonds is 31. The Labute approximate surface area is 246 Å². The van der Waals surface area contributed by atoms with Gasteiger partial charge in [0.1, 0.15) is 6.61 Å². The monoisotopic (exact) mass is 637 g/mol. The molecule has 0 atom stereocenters. The molecule has 0 N–H and O–H groups in total. The molecule has 0 aromatic rings. The summed E-state index contributed by atoms with van der Waals surface area (Å²) >= 11 is 0.365. The minimum Gasteiger partial charge on any atom is -0.0654 e. The molecular weight excluding hydrogens is 564 g/mol. The van der Waals surface area contributed by atoms with Gasteiger partial charge in [0.25, 0.3) is 0 Å². The Morgan fingerprint density at radius 3 is 0.784 bits per heavy atom. The molecule has 0 bridgehead atoms. The molecule has 2 heteroatoms. The van der Waals surface area contributed by atoms with Crippen LogP contribution in [-0.2, 0) is 5.11 Å². The predicted molar refractivity (Wildman–Crippen MR) is 172 cm³/mol. The number of hydrogen-bond donors (Lipinski definition) is 0. The Balaban J connectivity index is 0. The van der Waals surface area contributed by atoms with Crippen LogP contribution in [0.25, 0.3) is 0 Å². The standard InChI is InChI=1S/C32H66Te.C3H5O/c1-3-5-7-9-11-13-15-17-19-21-23-25-27-29-31-33-32-30-28-26-24-22-20-18-16-14-12-10-8-6-4-2;1-2-3-4/h3-32H2,1-2H3;2H,1,3H2. The van der Waals surface area contributed by atoms with Crippen LogP contribution in [-0.4, -0.2) is 27.5 Å². The van der Waals surface area contributed by atoms with E-state index < -0.39 is 0 Å². The van der Waals surface area contributed by atoms with Gasteiger partial charge in [-0.1, -0.05) is 58.4 Å². The van der Waals surface area contributed by atoms with Gasteiger partial charge in [0, 0.05) is 0 Å². The van der Waals surface area contributed by atoms with Crippen molar-refractivity contribution in [2.24, 2.45) is 0 Å². The smallest absolute Gasteiger partial charge is 0.0654 e. The summed E-state index contributed by atoms with van der Waals surface area (Å²) in [7, 11) is 0. The van der Waals surface area contributed by atoms with Crippen LogP contribution in [0.2, 0.25) is 8.94 Å². The summed E-state index contributed by atoms with van der Waals surface area (Å²) in [6.45, 7) is 7.62. The molecule has 0 unspecified atom stereocenters. The fourth-order valence-corrected chi connectivity index (χ4v) is 7.81. The molecule has 0 aromatic carbocycles. The molecule has 0 aliphatic carbocycles. The van der Waals surface area contributed by atoms with Crippen LogP contribution in [0.15, 0.2) is 12.7 Å². The molecule has 0 heterocycles. The van der Waals surface area contributed by atoms with Crippen molar-refractivity contribution in [1.82, 2.24) is 0 Å². The third-order valence-electron chi connectivity index (χ3n) is 7.40.